The second kappa shape index (κ2) is 5.09. The molecule has 1 aliphatic rings. The van der Waals surface area contributed by atoms with Crippen LogP contribution in [-0.4, -0.2) is 21.3 Å². The maximum absolute atomic E-state index is 12.9. The first-order valence-electron chi connectivity index (χ1n) is 6.67. The summed E-state index contributed by atoms with van der Waals surface area (Å²) in [5.41, 5.74) is 1.06. The second-order valence-corrected chi connectivity index (χ2v) is 4.84. The minimum absolute atomic E-state index is 0.206. The lowest BCUT2D eigenvalue weighted by Gasteiger charge is -2.24. The number of rotatable bonds is 3. The molecule has 0 fully saturated rings. The van der Waals surface area contributed by atoms with Gasteiger partial charge in [-0.05, 0) is 24.1 Å². The monoisotopic (exact) mass is 260 g/mol. The molecular formula is C14H17FN4. The minimum Gasteiger partial charge on any atom is -0.312 e. The SMILES string of the molecule is CCC1NCCn2c(Cc3ccc(F)cc3)nnc21. The molecule has 1 aromatic heterocycles. The predicted molar refractivity (Wildman–Crippen MR) is 70.3 cm³/mol. The van der Waals surface area contributed by atoms with Crippen LogP contribution < -0.4 is 5.32 Å². The Bertz CT molecular complexity index is 561. The molecule has 0 saturated carbocycles. The molecule has 5 heteroatoms. The number of hydrogen-bond donors (Lipinski definition) is 1. The van der Waals surface area contributed by atoms with Crippen molar-refractivity contribution in [3.05, 3.63) is 47.3 Å². The van der Waals surface area contributed by atoms with E-state index in [1.807, 2.05) is 0 Å². The van der Waals surface area contributed by atoms with Gasteiger partial charge in [-0.2, -0.15) is 0 Å². The lowest BCUT2D eigenvalue weighted by Crippen LogP contribution is -2.33. The molecule has 1 N–H and O–H groups in total. The highest BCUT2D eigenvalue weighted by molar-refractivity contribution is 5.20. The average molecular weight is 260 g/mol. The number of aromatic nitrogens is 3. The van der Waals surface area contributed by atoms with E-state index in [2.05, 4.69) is 27.0 Å². The van der Waals surface area contributed by atoms with Crippen molar-refractivity contribution in [1.29, 1.82) is 0 Å². The Morgan fingerprint density at radius 2 is 2.11 bits per heavy atom. The molecule has 0 saturated heterocycles. The van der Waals surface area contributed by atoms with Crippen LogP contribution in [0.15, 0.2) is 24.3 Å². The summed E-state index contributed by atoms with van der Waals surface area (Å²) in [5.74, 6) is 1.77. The van der Waals surface area contributed by atoms with Crippen molar-refractivity contribution in [2.45, 2.75) is 32.4 Å². The summed E-state index contributed by atoms with van der Waals surface area (Å²) in [6.07, 6.45) is 1.71. The van der Waals surface area contributed by atoms with Crippen LogP contribution in [0.2, 0.25) is 0 Å². The maximum Gasteiger partial charge on any atom is 0.150 e. The number of nitrogens with one attached hydrogen (secondary N) is 1. The summed E-state index contributed by atoms with van der Waals surface area (Å²) >= 11 is 0. The molecule has 19 heavy (non-hydrogen) atoms. The molecule has 2 aromatic rings. The summed E-state index contributed by atoms with van der Waals surface area (Å²) in [7, 11) is 0. The average Bonchev–Trinajstić information content (AvgIpc) is 2.84. The Kier molecular flexibility index (Phi) is 3.29. The van der Waals surface area contributed by atoms with E-state index < -0.39 is 0 Å². The molecule has 1 aliphatic heterocycles. The highest BCUT2D eigenvalue weighted by Crippen LogP contribution is 2.20. The zero-order valence-electron chi connectivity index (χ0n) is 10.9. The van der Waals surface area contributed by atoms with E-state index in [-0.39, 0.29) is 5.82 Å². The van der Waals surface area contributed by atoms with Crippen LogP contribution in [0, 0.1) is 5.82 Å². The van der Waals surface area contributed by atoms with Gasteiger partial charge < -0.3 is 9.88 Å². The van der Waals surface area contributed by atoms with Crippen LogP contribution in [0.25, 0.3) is 0 Å². The first-order chi connectivity index (χ1) is 9.28. The van der Waals surface area contributed by atoms with Gasteiger partial charge in [0.1, 0.15) is 17.5 Å². The second-order valence-electron chi connectivity index (χ2n) is 4.84. The first-order valence-corrected chi connectivity index (χ1v) is 6.67. The number of fused-ring (bicyclic) bond motifs is 1. The molecule has 1 atom stereocenters. The smallest absolute Gasteiger partial charge is 0.150 e. The molecule has 0 radical (unpaired) electrons. The fraction of sp³-hybridized carbons (Fsp3) is 0.429. The molecule has 0 spiro atoms. The van der Waals surface area contributed by atoms with Crippen molar-refractivity contribution in [3.8, 4) is 0 Å². The molecule has 3 rings (SSSR count). The number of nitrogens with zero attached hydrogens (tertiary/aromatic N) is 3. The quantitative estimate of drug-likeness (QED) is 0.918. The van der Waals surface area contributed by atoms with E-state index >= 15 is 0 Å². The van der Waals surface area contributed by atoms with Crippen molar-refractivity contribution in [2.24, 2.45) is 0 Å². The van der Waals surface area contributed by atoms with Crippen LogP contribution in [0.3, 0.4) is 0 Å². The van der Waals surface area contributed by atoms with Gasteiger partial charge in [-0.1, -0.05) is 19.1 Å². The Morgan fingerprint density at radius 3 is 2.84 bits per heavy atom. The van der Waals surface area contributed by atoms with E-state index in [9.17, 15) is 4.39 Å². The summed E-state index contributed by atoms with van der Waals surface area (Å²) in [6, 6.07) is 6.87. The summed E-state index contributed by atoms with van der Waals surface area (Å²) < 4.78 is 15.1. The Balaban J connectivity index is 1.86. The highest BCUT2D eigenvalue weighted by Gasteiger charge is 2.23. The van der Waals surface area contributed by atoms with E-state index in [0.717, 1.165) is 36.7 Å². The van der Waals surface area contributed by atoms with Crippen molar-refractivity contribution in [3.63, 3.8) is 0 Å². The standard InChI is InChI=1S/C14H17FN4/c1-2-12-14-18-17-13(19(14)8-7-16-12)9-10-3-5-11(15)6-4-10/h3-6,12,16H,2,7-9H2,1H3. The molecule has 2 heterocycles. The fourth-order valence-corrected chi connectivity index (χ4v) is 2.53. The molecule has 1 unspecified atom stereocenters. The van der Waals surface area contributed by atoms with Crippen LogP contribution >= 0.6 is 0 Å². The lowest BCUT2D eigenvalue weighted by atomic mass is 10.1. The third-order valence-electron chi connectivity index (χ3n) is 3.58. The van der Waals surface area contributed by atoms with Crippen LogP contribution in [0.4, 0.5) is 4.39 Å². The molecule has 0 bridgehead atoms. The van der Waals surface area contributed by atoms with Gasteiger partial charge in [-0.15, -0.1) is 10.2 Å². The fourth-order valence-electron chi connectivity index (χ4n) is 2.53. The summed E-state index contributed by atoms with van der Waals surface area (Å²) in [4.78, 5) is 0. The minimum atomic E-state index is -0.206. The zero-order chi connectivity index (χ0) is 13.2. The molecule has 0 amide bonds. The van der Waals surface area contributed by atoms with Crippen LogP contribution in [0.1, 0.15) is 36.6 Å². The zero-order valence-corrected chi connectivity index (χ0v) is 10.9. The van der Waals surface area contributed by atoms with Crippen LogP contribution in [0.5, 0.6) is 0 Å². The van der Waals surface area contributed by atoms with E-state index in [4.69, 9.17) is 0 Å². The van der Waals surface area contributed by atoms with Gasteiger partial charge in [0.05, 0.1) is 6.04 Å². The molecule has 1 aromatic carbocycles. The van der Waals surface area contributed by atoms with Crippen molar-refractivity contribution in [1.82, 2.24) is 20.1 Å². The number of halogens is 1. The van der Waals surface area contributed by atoms with Crippen LogP contribution in [-0.2, 0) is 13.0 Å². The highest BCUT2D eigenvalue weighted by atomic mass is 19.1. The molecular weight excluding hydrogens is 243 g/mol. The number of benzene rings is 1. The van der Waals surface area contributed by atoms with Crippen molar-refractivity contribution >= 4 is 0 Å². The number of hydrogen-bond acceptors (Lipinski definition) is 3. The molecule has 0 aliphatic carbocycles. The lowest BCUT2D eigenvalue weighted by molar-refractivity contribution is 0.401. The molecule has 4 nitrogen and oxygen atoms in total. The third-order valence-corrected chi connectivity index (χ3v) is 3.58. The Labute approximate surface area is 111 Å². The normalized spacial score (nSPS) is 18.3. The topological polar surface area (TPSA) is 42.7 Å². The molecule has 100 valence electrons. The van der Waals surface area contributed by atoms with Gasteiger partial charge >= 0.3 is 0 Å². The van der Waals surface area contributed by atoms with E-state index in [0.29, 0.717) is 12.5 Å². The van der Waals surface area contributed by atoms with Gasteiger partial charge in [0.2, 0.25) is 0 Å². The summed E-state index contributed by atoms with van der Waals surface area (Å²) in [5, 5.41) is 12.0. The largest absolute Gasteiger partial charge is 0.312 e. The van der Waals surface area contributed by atoms with Gasteiger partial charge in [0.15, 0.2) is 0 Å². The van der Waals surface area contributed by atoms with Gasteiger partial charge in [0.25, 0.3) is 0 Å². The van der Waals surface area contributed by atoms with Gasteiger partial charge in [-0.25, -0.2) is 4.39 Å². The van der Waals surface area contributed by atoms with E-state index in [1.165, 1.54) is 12.1 Å². The first kappa shape index (κ1) is 12.3. The third kappa shape index (κ3) is 2.38. The Morgan fingerprint density at radius 1 is 1.32 bits per heavy atom. The van der Waals surface area contributed by atoms with Crippen molar-refractivity contribution < 1.29 is 4.39 Å². The van der Waals surface area contributed by atoms with E-state index in [1.54, 1.807) is 12.1 Å². The summed E-state index contributed by atoms with van der Waals surface area (Å²) in [6.45, 7) is 3.98. The van der Waals surface area contributed by atoms with Crippen molar-refractivity contribution in [2.75, 3.05) is 6.54 Å². The maximum atomic E-state index is 12.9. The Hall–Kier alpha value is -1.75. The predicted octanol–water partition coefficient (Wildman–Crippen LogP) is 2.06. The van der Waals surface area contributed by atoms with Gasteiger partial charge in [0, 0.05) is 19.5 Å². The van der Waals surface area contributed by atoms with Gasteiger partial charge in [-0.3, -0.25) is 0 Å².